The Morgan fingerprint density at radius 2 is 1.80 bits per heavy atom. The predicted octanol–water partition coefficient (Wildman–Crippen LogP) is -1.25. The maximum Gasteiger partial charge on any atom is 2.00 e. The monoisotopic (exact) mass is 162 g/mol. The molecule has 0 aromatic heterocycles. The van der Waals surface area contributed by atoms with Gasteiger partial charge in [-0.2, -0.15) is 0 Å². The summed E-state index contributed by atoms with van der Waals surface area (Å²) >= 11 is 0. The van der Waals surface area contributed by atoms with Crippen LogP contribution in [0.15, 0.2) is 0 Å². The summed E-state index contributed by atoms with van der Waals surface area (Å²) in [6.45, 7) is 0.972. The zero-order valence-electron chi connectivity index (χ0n) is 2.65. The molecule has 0 atom stereocenters. The summed E-state index contributed by atoms with van der Waals surface area (Å²) < 4.78 is 0. The predicted molar refractivity (Wildman–Crippen MR) is 10.7 cm³/mol. The van der Waals surface area contributed by atoms with Gasteiger partial charge in [0, 0.05) is 5.97 Å². The summed E-state index contributed by atoms with van der Waals surface area (Å²) in [5.74, 6) is -1.08. The molecule has 0 rings (SSSR count). The van der Waals surface area contributed by atoms with Crippen LogP contribution < -0.4 is 5.11 Å². The molecule has 0 aromatic carbocycles. The van der Waals surface area contributed by atoms with E-state index in [1.54, 1.807) is 0 Å². The smallest absolute Gasteiger partial charge is 0.550 e. The summed E-state index contributed by atoms with van der Waals surface area (Å²) in [7, 11) is 0. The van der Waals surface area contributed by atoms with Gasteiger partial charge < -0.3 is 9.90 Å². The Bertz CT molecular complexity index is 30.6. The van der Waals surface area contributed by atoms with Crippen molar-refractivity contribution < 1.29 is 29.4 Å². The molecule has 0 heterocycles. The third-order valence-electron chi connectivity index (χ3n) is 0. The van der Waals surface area contributed by atoms with Gasteiger partial charge in [-0.05, 0) is 6.92 Å². The van der Waals surface area contributed by atoms with Crippen LogP contribution >= 0.6 is 0 Å². The van der Waals surface area contributed by atoms with E-state index in [4.69, 9.17) is 9.90 Å². The van der Waals surface area contributed by atoms with E-state index in [1.807, 2.05) is 0 Å². The topological polar surface area (TPSA) is 40.1 Å². The Morgan fingerprint density at radius 1 is 1.80 bits per heavy atom. The summed E-state index contributed by atoms with van der Waals surface area (Å²) in [6.07, 6.45) is 0. The standard InChI is InChI=1S/C2H4O2.Rh/c1-2(3)4;/h1H3,(H,3,4);/q;+2/p-1. The van der Waals surface area contributed by atoms with Gasteiger partial charge in [-0.25, -0.2) is 0 Å². The van der Waals surface area contributed by atoms with Gasteiger partial charge >= 0.3 is 19.5 Å². The van der Waals surface area contributed by atoms with Crippen molar-refractivity contribution in [3.8, 4) is 0 Å². The molecule has 0 aliphatic rings. The zero-order valence-corrected chi connectivity index (χ0v) is 4.29. The molecule has 0 saturated heterocycles. The van der Waals surface area contributed by atoms with Crippen molar-refractivity contribution in [2.75, 3.05) is 0 Å². The minimum Gasteiger partial charge on any atom is -0.550 e. The second-order valence-electron chi connectivity index (χ2n) is 0.492. The molecule has 0 N–H and O–H groups in total. The van der Waals surface area contributed by atoms with E-state index in [9.17, 15) is 0 Å². The molecular weight excluding hydrogens is 159 g/mol. The zero-order chi connectivity index (χ0) is 3.58. The number of rotatable bonds is 0. The van der Waals surface area contributed by atoms with Gasteiger partial charge in [0.15, 0.2) is 0 Å². The number of carboxylic acid groups (broad SMARTS) is 1. The average molecular weight is 162 g/mol. The third kappa shape index (κ3) is 2060. The van der Waals surface area contributed by atoms with Crippen LogP contribution in [0.2, 0.25) is 0 Å². The number of aliphatic carboxylic acids is 1. The van der Waals surface area contributed by atoms with Crippen molar-refractivity contribution in [2.45, 2.75) is 6.92 Å². The third-order valence-corrected chi connectivity index (χ3v) is 0. The number of hydrogen-bond acceptors (Lipinski definition) is 2. The molecule has 0 spiro atoms. The fourth-order valence-electron chi connectivity index (χ4n) is 0. The van der Waals surface area contributed by atoms with E-state index in [0.717, 1.165) is 6.92 Å². The van der Waals surface area contributed by atoms with E-state index in [-0.39, 0.29) is 19.5 Å². The van der Waals surface area contributed by atoms with Gasteiger partial charge in [0.25, 0.3) is 0 Å². The average Bonchev–Trinajstić information content (AvgIpc) is 0.811. The van der Waals surface area contributed by atoms with E-state index < -0.39 is 5.97 Å². The second-order valence-corrected chi connectivity index (χ2v) is 0.492. The maximum atomic E-state index is 8.89. The Labute approximate surface area is 42.9 Å². The first-order valence-electron chi connectivity index (χ1n) is 0.908. The normalized spacial score (nSPS) is 5.00. The molecule has 0 fully saturated rings. The Kier molecular flexibility index (Phi) is 7.30. The van der Waals surface area contributed by atoms with Gasteiger partial charge in [-0.15, -0.1) is 0 Å². The molecule has 0 aromatic rings. The first-order valence-corrected chi connectivity index (χ1v) is 0.908. The quantitative estimate of drug-likeness (QED) is 0.417. The van der Waals surface area contributed by atoms with Gasteiger partial charge in [0.2, 0.25) is 0 Å². The Hall–Kier alpha value is 0.0934. The van der Waals surface area contributed by atoms with E-state index in [2.05, 4.69) is 0 Å². The van der Waals surface area contributed by atoms with Gasteiger partial charge in [-0.1, -0.05) is 0 Å². The molecule has 0 unspecified atom stereocenters. The fourth-order valence-corrected chi connectivity index (χ4v) is 0. The van der Waals surface area contributed by atoms with Crippen LogP contribution in [0.5, 0.6) is 0 Å². The van der Waals surface area contributed by atoms with Crippen LogP contribution in [-0.2, 0) is 24.3 Å². The molecule has 3 heteroatoms. The van der Waals surface area contributed by atoms with Crippen LogP contribution in [-0.4, -0.2) is 5.97 Å². The summed E-state index contributed by atoms with van der Waals surface area (Å²) in [6, 6.07) is 0. The van der Waals surface area contributed by atoms with Crippen LogP contribution in [0.4, 0.5) is 0 Å². The van der Waals surface area contributed by atoms with Crippen molar-refractivity contribution in [3.05, 3.63) is 0 Å². The van der Waals surface area contributed by atoms with Crippen molar-refractivity contribution in [1.29, 1.82) is 0 Å². The second kappa shape index (κ2) is 4.09. The van der Waals surface area contributed by atoms with Crippen molar-refractivity contribution >= 4 is 5.97 Å². The molecule has 31 valence electrons. The minimum absolute atomic E-state index is 0. The summed E-state index contributed by atoms with van der Waals surface area (Å²) in [4.78, 5) is 8.89. The number of hydrogen-bond donors (Lipinski definition) is 0. The van der Waals surface area contributed by atoms with Gasteiger partial charge in [-0.3, -0.25) is 0 Å². The number of carbonyl (C=O) groups is 1. The molecule has 0 amide bonds. The molecule has 1 radical (unpaired) electrons. The molecule has 2 nitrogen and oxygen atoms in total. The van der Waals surface area contributed by atoms with Crippen LogP contribution in [0.25, 0.3) is 0 Å². The van der Waals surface area contributed by atoms with Crippen molar-refractivity contribution in [2.24, 2.45) is 0 Å². The molecule has 0 saturated carbocycles. The first-order chi connectivity index (χ1) is 1.73. The van der Waals surface area contributed by atoms with E-state index in [1.165, 1.54) is 0 Å². The largest absolute Gasteiger partial charge is 2.00 e. The summed E-state index contributed by atoms with van der Waals surface area (Å²) in [5.41, 5.74) is 0. The van der Waals surface area contributed by atoms with E-state index >= 15 is 0 Å². The van der Waals surface area contributed by atoms with Crippen LogP contribution in [0.3, 0.4) is 0 Å². The molecule has 0 bridgehead atoms. The fraction of sp³-hybridized carbons (Fsp3) is 0.500. The maximum absolute atomic E-state index is 8.89. The van der Waals surface area contributed by atoms with Crippen LogP contribution in [0.1, 0.15) is 6.92 Å². The van der Waals surface area contributed by atoms with Gasteiger partial charge in [0.1, 0.15) is 0 Å². The molecule has 0 aliphatic carbocycles. The molecular formula is C2H3O2Rh+. The van der Waals surface area contributed by atoms with Crippen molar-refractivity contribution in [3.63, 3.8) is 0 Å². The SMILES string of the molecule is CC(=O)[O-].[Rh+2]. The number of carbonyl (C=O) groups excluding carboxylic acids is 1. The Morgan fingerprint density at radius 3 is 1.80 bits per heavy atom. The van der Waals surface area contributed by atoms with Crippen LogP contribution in [0, 0.1) is 0 Å². The molecule has 5 heavy (non-hydrogen) atoms. The van der Waals surface area contributed by atoms with E-state index in [0.29, 0.717) is 0 Å². The minimum atomic E-state index is -1.08. The number of carboxylic acids is 1. The Balaban J connectivity index is 0. The first kappa shape index (κ1) is 8.92. The van der Waals surface area contributed by atoms with Crippen molar-refractivity contribution in [1.82, 2.24) is 0 Å². The molecule has 0 aliphatic heterocycles. The summed E-state index contributed by atoms with van der Waals surface area (Å²) in [5, 5.41) is 8.89. The van der Waals surface area contributed by atoms with Gasteiger partial charge in [0.05, 0.1) is 0 Å².